The van der Waals surface area contributed by atoms with Crippen LogP contribution in [0.4, 0.5) is 24.5 Å². The summed E-state index contributed by atoms with van der Waals surface area (Å²) in [5.41, 5.74) is 1.25. The first kappa shape index (κ1) is 23.1. The van der Waals surface area contributed by atoms with Crippen LogP contribution in [0.5, 0.6) is 0 Å². The summed E-state index contributed by atoms with van der Waals surface area (Å²) >= 11 is 0. The van der Waals surface area contributed by atoms with Crippen LogP contribution in [-0.2, 0) is 24.5 Å². The number of benzene rings is 1. The fourth-order valence-corrected chi connectivity index (χ4v) is 4.54. The molecule has 3 N–H and O–H groups in total. The van der Waals surface area contributed by atoms with Gasteiger partial charge in [-0.25, -0.2) is 9.97 Å². The highest BCUT2D eigenvalue weighted by Crippen LogP contribution is 2.40. The highest BCUT2D eigenvalue weighted by molar-refractivity contribution is 5.96. The molecule has 192 valence electrons. The number of pyridine rings is 1. The van der Waals surface area contributed by atoms with E-state index in [1.165, 1.54) is 18.7 Å². The number of anilines is 2. The van der Waals surface area contributed by atoms with Gasteiger partial charge in [0.15, 0.2) is 6.39 Å². The summed E-state index contributed by atoms with van der Waals surface area (Å²) in [6.07, 6.45) is -0.182. The number of halogens is 3. The van der Waals surface area contributed by atoms with Gasteiger partial charge >= 0.3 is 6.18 Å². The van der Waals surface area contributed by atoms with E-state index in [2.05, 4.69) is 30.4 Å². The smallest absolute Gasteiger partial charge is 0.418 e. The zero-order valence-corrected chi connectivity index (χ0v) is 19.5. The molecule has 14 heteroatoms. The number of nitrogens with one attached hydrogen (secondary N) is 3. The molecule has 1 aliphatic heterocycles. The fourth-order valence-electron chi connectivity index (χ4n) is 4.54. The zero-order chi connectivity index (χ0) is 25.7. The van der Waals surface area contributed by atoms with E-state index in [-0.39, 0.29) is 29.1 Å². The maximum absolute atomic E-state index is 14.0. The van der Waals surface area contributed by atoms with Gasteiger partial charge in [0, 0.05) is 26.3 Å². The number of ether oxygens (including phenoxy) is 1. The summed E-state index contributed by atoms with van der Waals surface area (Å²) in [6, 6.07) is 2.44. The van der Waals surface area contributed by atoms with Crippen LogP contribution in [0.25, 0.3) is 33.5 Å². The van der Waals surface area contributed by atoms with E-state index in [1.807, 2.05) is 0 Å². The minimum atomic E-state index is -4.59. The van der Waals surface area contributed by atoms with Crippen LogP contribution in [0.3, 0.4) is 0 Å². The number of imidazole rings is 1. The van der Waals surface area contributed by atoms with Gasteiger partial charge in [-0.2, -0.15) is 18.3 Å². The average molecular weight is 514 g/mol. The predicted octanol–water partition coefficient (Wildman–Crippen LogP) is 3.26. The van der Waals surface area contributed by atoms with E-state index < -0.39 is 17.3 Å². The Bertz CT molecular complexity index is 1650. The number of nitrogens with zero attached hydrogens (tertiary/aromatic N) is 5. The van der Waals surface area contributed by atoms with Gasteiger partial charge in [0.05, 0.1) is 58.9 Å². The van der Waals surface area contributed by atoms with E-state index in [0.717, 1.165) is 6.07 Å². The third-order valence-corrected chi connectivity index (χ3v) is 6.21. The molecule has 0 spiro atoms. The molecule has 1 aliphatic rings. The molecule has 5 heterocycles. The first-order chi connectivity index (χ1) is 17.8. The largest absolute Gasteiger partial charge is 0.451 e. The molecular formula is C23H21F3N8O3. The number of aromatic nitrogens is 6. The van der Waals surface area contributed by atoms with Crippen molar-refractivity contribution in [2.45, 2.75) is 12.7 Å². The van der Waals surface area contributed by atoms with Gasteiger partial charge in [-0.05, 0) is 12.1 Å². The number of alkyl halides is 3. The van der Waals surface area contributed by atoms with Crippen molar-refractivity contribution in [1.29, 1.82) is 0 Å². The van der Waals surface area contributed by atoms with Crippen LogP contribution < -0.4 is 15.8 Å². The minimum Gasteiger partial charge on any atom is -0.451 e. The molecule has 5 aromatic rings. The maximum atomic E-state index is 14.0. The Hall–Kier alpha value is -4.33. The lowest BCUT2D eigenvalue weighted by Gasteiger charge is -2.31. The second-order valence-electron chi connectivity index (χ2n) is 8.67. The molecule has 4 aromatic heterocycles. The standard InChI is InChI=1S/C23H21F3N8O3/c1-33-9-16-19(32-33)20(27-8-12-10-37-11-28-12)18(22(35)31-16)21-29-14-6-13(23(24,25)26)17(7-15(14)30-21)34-2-4-36-5-3-34/h6-7,9-11,27H,2-5,8H2,1H3,(H,29,30)(H,31,35). The Morgan fingerprint density at radius 1 is 1.16 bits per heavy atom. The monoisotopic (exact) mass is 514 g/mol. The van der Waals surface area contributed by atoms with Crippen LogP contribution in [0.1, 0.15) is 11.3 Å². The molecular weight excluding hydrogens is 493 g/mol. The second kappa shape index (κ2) is 8.65. The number of fused-ring (bicyclic) bond motifs is 2. The van der Waals surface area contributed by atoms with Crippen molar-refractivity contribution in [2.24, 2.45) is 7.05 Å². The Labute approximate surface area is 206 Å². The third kappa shape index (κ3) is 4.18. The first-order valence-corrected chi connectivity index (χ1v) is 11.4. The molecule has 1 fully saturated rings. The van der Waals surface area contributed by atoms with E-state index in [1.54, 1.807) is 22.8 Å². The molecule has 0 unspecified atom stereocenters. The van der Waals surface area contributed by atoms with E-state index >= 15 is 0 Å². The topological polar surface area (TPSA) is 130 Å². The fraction of sp³-hybridized carbons (Fsp3) is 0.304. The van der Waals surface area contributed by atoms with Crippen molar-refractivity contribution < 1.29 is 22.3 Å². The molecule has 1 aromatic carbocycles. The number of morpholine rings is 1. The lowest BCUT2D eigenvalue weighted by atomic mass is 10.1. The van der Waals surface area contributed by atoms with Crippen molar-refractivity contribution in [3.63, 3.8) is 0 Å². The Morgan fingerprint density at radius 3 is 2.70 bits per heavy atom. The average Bonchev–Trinajstić information content (AvgIpc) is 3.60. The molecule has 0 amide bonds. The first-order valence-electron chi connectivity index (χ1n) is 11.4. The van der Waals surface area contributed by atoms with Gasteiger partial charge in [-0.15, -0.1) is 0 Å². The zero-order valence-electron chi connectivity index (χ0n) is 19.5. The lowest BCUT2D eigenvalue weighted by Crippen LogP contribution is -2.37. The number of hydrogen-bond donors (Lipinski definition) is 3. The second-order valence-corrected chi connectivity index (χ2v) is 8.67. The van der Waals surface area contributed by atoms with E-state index in [9.17, 15) is 18.0 Å². The summed E-state index contributed by atoms with van der Waals surface area (Å²) in [5, 5.41) is 7.62. The SMILES string of the molecule is Cn1cc2[nH]c(=O)c(-c3nc4cc(C(F)(F)F)c(N5CCOCC5)cc4[nH]3)c(NCc3cocn3)c2n1. The van der Waals surface area contributed by atoms with Gasteiger partial charge in [0.1, 0.15) is 23.2 Å². The van der Waals surface area contributed by atoms with Crippen molar-refractivity contribution in [3.8, 4) is 11.4 Å². The number of aryl methyl sites for hydroxylation is 1. The van der Waals surface area contributed by atoms with Gasteiger partial charge in [-0.3, -0.25) is 9.48 Å². The molecule has 6 rings (SSSR count). The van der Waals surface area contributed by atoms with Gasteiger partial charge in [-0.1, -0.05) is 0 Å². The number of oxazole rings is 1. The van der Waals surface area contributed by atoms with Crippen LogP contribution in [0.2, 0.25) is 0 Å². The number of rotatable bonds is 5. The minimum absolute atomic E-state index is 0.0389. The van der Waals surface area contributed by atoms with Crippen molar-refractivity contribution in [3.05, 3.63) is 52.6 Å². The van der Waals surface area contributed by atoms with Crippen LogP contribution >= 0.6 is 0 Å². The third-order valence-electron chi connectivity index (χ3n) is 6.21. The van der Waals surface area contributed by atoms with Gasteiger partial charge < -0.3 is 29.3 Å². The number of aromatic amines is 2. The highest BCUT2D eigenvalue weighted by Gasteiger charge is 2.36. The molecule has 0 atom stereocenters. The Kier molecular flexibility index (Phi) is 5.40. The van der Waals surface area contributed by atoms with Gasteiger partial charge in [0.2, 0.25) is 0 Å². The molecule has 0 radical (unpaired) electrons. The molecule has 0 aliphatic carbocycles. The summed E-state index contributed by atoms with van der Waals surface area (Å²) in [6.45, 7) is 1.56. The molecule has 0 saturated carbocycles. The summed E-state index contributed by atoms with van der Waals surface area (Å²) in [4.78, 5) is 29.2. The highest BCUT2D eigenvalue weighted by atomic mass is 19.4. The summed E-state index contributed by atoms with van der Waals surface area (Å²) in [7, 11) is 1.71. The summed E-state index contributed by atoms with van der Waals surface area (Å²) in [5.74, 6) is 0.110. The van der Waals surface area contributed by atoms with Crippen molar-refractivity contribution >= 4 is 33.4 Å². The van der Waals surface area contributed by atoms with Crippen molar-refractivity contribution in [2.75, 3.05) is 36.5 Å². The molecule has 1 saturated heterocycles. The molecule has 11 nitrogen and oxygen atoms in total. The number of H-pyrrole nitrogens is 2. The van der Waals surface area contributed by atoms with Crippen LogP contribution in [0, 0.1) is 0 Å². The Morgan fingerprint density at radius 2 is 1.97 bits per heavy atom. The normalized spacial score (nSPS) is 14.6. The summed E-state index contributed by atoms with van der Waals surface area (Å²) < 4.78 is 53.9. The Balaban J connectivity index is 1.51. The molecule has 37 heavy (non-hydrogen) atoms. The number of hydrogen-bond acceptors (Lipinski definition) is 8. The quantitative estimate of drug-likeness (QED) is 0.326. The molecule has 0 bridgehead atoms. The predicted molar refractivity (Wildman–Crippen MR) is 128 cm³/mol. The van der Waals surface area contributed by atoms with Crippen molar-refractivity contribution in [1.82, 2.24) is 29.7 Å². The van der Waals surface area contributed by atoms with Crippen LogP contribution in [0.15, 0.2) is 40.2 Å². The van der Waals surface area contributed by atoms with E-state index in [0.29, 0.717) is 54.2 Å². The maximum Gasteiger partial charge on any atom is 0.418 e. The van der Waals surface area contributed by atoms with Crippen LogP contribution in [-0.4, -0.2) is 56.0 Å². The van der Waals surface area contributed by atoms with E-state index in [4.69, 9.17) is 9.15 Å². The van der Waals surface area contributed by atoms with Gasteiger partial charge in [0.25, 0.3) is 5.56 Å². The lowest BCUT2D eigenvalue weighted by molar-refractivity contribution is -0.137.